The fourth-order valence-corrected chi connectivity index (χ4v) is 3.25. The maximum Gasteiger partial charge on any atom is 0.262 e. The van der Waals surface area contributed by atoms with E-state index in [2.05, 4.69) is 16.0 Å². The van der Waals surface area contributed by atoms with Crippen LogP contribution in [0.25, 0.3) is 27.8 Å². The van der Waals surface area contributed by atoms with Crippen LogP contribution in [0.2, 0.25) is 0 Å². The molecule has 1 aliphatic rings. The Labute approximate surface area is 139 Å². The number of methoxy groups -OCH3 is 1. The first kappa shape index (κ1) is 14.8. The van der Waals surface area contributed by atoms with Crippen molar-refractivity contribution < 1.29 is 9.15 Å². The molecule has 0 fully saturated rings. The van der Waals surface area contributed by atoms with Gasteiger partial charge in [0.05, 0.1) is 13.4 Å². The van der Waals surface area contributed by atoms with Crippen LogP contribution in [-0.4, -0.2) is 17.1 Å². The maximum atomic E-state index is 12.4. The van der Waals surface area contributed by atoms with Crippen molar-refractivity contribution in [3.8, 4) is 16.9 Å². The Kier molecular flexibility index (Phi) is 3.69. The fraction of sp³-hybridized carbons (Fsp3) is 0.263. The quantitative estimate of drug-likeness (QED) is 0.786. The minimum atomic E-state index is -0.183. The summed E-state index contributed by atoms with van der Waals surface area (Å²) in [5.74, 6) is 1.54. The molecule has 122 valence electrons. The van der Waals surface area contributed by atoms with Gasteiger partial charge in [0.25, 0.3) is 5.56 Å². The van der Waals surface area contributed by atoms with E-state index >= 15 is 0 Å². The van der Waals surface area contributed by atoms with Gasteiger partial charge in [0, 0.05) is 5.56 Å². The first-order valence-electron chi connectivity index (χ1n) is 8.12. The van der Waals surface area contributed by atoms with Gasteiger partial charge in [-0.05, 0) is 49.0 Å². The number of aromatic nitrogens is 2. The van der Waals surface area contributed by atoms with Crippen molar-refractivity contribution in [1.29, 1.82) is 0 Å². The molecular weight excluding hydrogens is 304 g/mol. The number of fused-ring (bicyclic) bond motifs is 1. The summed E-state index contributed by atoms with van der Waals surface area (Å²) in [6.45, 7) is 0. The average Bonchev–Trinajstić information content (AvgIpc) is 3.03. The molecule has 0 atom stereocenters. The number of hydrogen-bond acceptors (Lipinski definition) is 4. The molecule has 5 heteroatoms. The second-order valence-corrected chi connectivity index (χ2v) is 5.92. The fourth-order valence-electron chi connectivity index (χ4n) is 3.25. The Balaban J connectivity index is 1.99. The van der Waals surface area contributed by atoms with Crippen molar-refractivity contribution in [2.45, 2.75) is 25.7 Å². The number of furan rings is 1. The summed E-state index contributed by atoms with van der Waals surface area (Å²) in [5, 5.41) is 0.504. The lowest BCUT2D eigenvalue weighted by molar-refractivity contribution is 0.415. The highest BCUT2D eigenvalue weighted by atomic mass is 16.5. The topological polar surface area (TPSA) is 68.1 Å². The van der Waals surface area contributed by atoms with Crippen molar-refractivity contribution in [1.82, 2.24) is 9.97 Å². The molecule has 3 aromatic rings. The number of rotatable bonds is 3. The van der Waals surface area contributed by atoms with E-state index < -0.39 is 0 Å². The summed E-state index contributed by atoms with van der Waals surface area (Å²) in [6.07, 6.45) is 7.92. The van der Waals surface area contributed by atoms with Gasteiger partial charge in [0.15, 0.2) is 0 Å². The summed E-state index contributed by atoms with van der Waals surface area (Å²) in [7, 11) is 1.63. The number of hydrogen-bond donors (Lipinski definition) is 1. The van der Waals surface area contributed by atoms with E-state index in [1.807, 2.05) is 24.3 Å². The lowest BCUT2D eigenvalue weighted by atomic mass is 9.93. The zero-order chi connectivity index (χ0) is 16.5. The average molecular weight is 322 g/mol. The van der Waals surface area contributed by atoms with Gasteiger partial charge in [-0.25, -0.2) is 4.98 Å². The Morgan fingerprint density at radius 3 is 2.75 bits per heavy atom. The molecule has 24 heavy (non-hydrogen) atoms. The Hall–Kier alpha value is -2.82. The molecule has 0 spiro atoms. The van der Waals surface area contributed by atoms with E-state index in [1.165, 1.54) is 12.7 Å². The molecule has 1 N–H and O–H groups in total. The summed E-state index contributed by atoms with van der Waals surface area (Å²) in [5.41, 5.74) is 3.09. The van der Waals surface area contributed by atoms with Crippen LogP contribution >= 0.6 is 0 Å². The summed E-state index contributed by atoms with van der Waals surface area (Å²) < 4.78 is 11.2. The van der Waals surface area contributed by atoms with Crippen LogP contribution in [0, 0.1) is 0 Å². The van der Waals surface area contributed by atoms with Gasteiger partial charge in [-0.2, -0.15) is 0 Å². The molecule has 1 aromatic carbocycles. The zero-order valence-corrected chi connectivity index (χ0v) is 13.5. The predicted molar refractivity (Wildman–Crippen MR) is 93.1 cm³/mol. The molecule has 0 amide bonds. The third-order valence-corrected chi connectivity index (χ3v) is 4.46. The molecule has 0 saturated heterocycles. The molecule has 0 saturated carbocycles. The summed E-state index contributed by atoms with van der Waals surface area (Å²) >= 11 is 0. The maximum absolute atomic E-state index is 12.4. The monoisotopic (exact) mass is 322 g/mol. The number of benzene rings is 1. The van der Waals surface area contributed by atoms with Crippen LogP contribution in [0.5, 0.6) is 5.75 Å². The molecule has 0 radical (unpaired) electrons. The molecule has 1 aliphatic carbocycles. The lowest BCUT2D eigenvalue weighted by Crippen LogP contribution is -2.05. The van der Waals surface area contributed by atoms with Crippen molar-refractivity contribution in [2.24, 2.45) is 0 Å². The largest absolute Gasteiger partial charge is 0.497 e. The number of ether oxygens (including phenoxy) is 1. The summed E-state index contributed by atoms with van der Waals surface area (Å²) in [6, 6.07) is 7.67. The summed E-state index contributed by atoms with van der Waals surface area (Å²) in [4.78, 5) is 19.2. The van der Waals surface area contributed by atoms with E-state index in [4.69, 9.17) is 9.15 Å². The Morgan fingerprint density at radius 2 is 2.04 bits per heavy atom. The van der Waals surface area contributed by atoms with Gasteiger partial charge in [-0.1, -0.05) is 18.2 Å². The van der Waals surface area contributed by atoms with Gasteiger partial charge in [-0.15, -0.1) is 0 Å². The molecule has 2 aromatic heterocycles. The van der Waals surface area contributed by atoms with Crippen LogP contribution in [0.15, 0.2) is 45.9 Å². The minimum Gasteiger partial charge on any atom is -0.497 e. The minimum absolute atomic E-state index is 0.183. The number of nitrogens with zero attached hydrogens (tertiary/aromatic N) is 1. The normalized spacial score (nSPS) is 14.6. The first-order valence-corrected chi connectivity index (χ1v) is 8.12. The van der Waals surface area contributed by atoms with E-state index in [-0.39, 0.29) is 5.56 Å². The highest BCUT2D eigenvalue weighted by molar-refractivity contribution is 5.98. The van der Waals surface area contributed by atoms with Crippen molar-refractivity contribution in [3.05, 3.63) is 52.8 Å². The second kappa shape index (κ2) is 6.00. The Bertz CT molecular complexity index is 964. The number of aromatic amines is 1. The van der Waals surface area contributed by atoms with Crippen LogP contribution < -0.4 is 10.3 Å². The van der Waals surface area contributed by atoms with E-state index in [9.17, 15) is 4.79 Å². The molecule has 0 unspecified atom stereocenters. The van der Waals surface area contributed by atoms with Crippen LogP contribution in [-0.2, 0) is 0 Å². The van der Waals surface area contributed by atoms with Crippen molar-refractivity contribution in [3.63, 3.8) is 0 Å². The van der Waals surface area contributed by atoms with E-state index in [0.717, 1.165) is 47.5 Å². The predicted octanol–water partition coefficient (Wildman–Crippen LogP) is 4.15. The molecule has 0 aliphatic heterocycles. The highest BCUT2D eigenvalue weighted by Crippen LogP contribution is 2.39. The number of nitrogens with one attached hydrogen (secondary N) is 1. The first-order chi connectivity index (χ1) is 11.8. The van der Waals surface area contributed by atoms with E-state index in [1.54, 1.807) is 7.11 Å². The molecule has 2 heterocycles. The molecular formula is C19H18N2O3. The van der Waals surface area contributed by atoms with Crippen LogP contribution in [0.3, 0.4) is 0 Å². The molecule has 0 bridgehead atoms. The van der Waals surface area contributed by atoms with Gasteiger partial charge >= 0.3 is 0 Å². The second-order valence-electron chi connectivity index (χ2n) is 5.92. The van der Waals surface area contributed by atoms with Gasteiger partial charge in [0.1, 0.15) is 16.9 Å². The van der Waals surface area contributed by atoms with Crippen molar-refractivity contribution >= 4 is 16.7 Å². The third-order valence-electron chi connectivity index (χ3n) is 4.46. The number of H-pyrrole nitrogens is 1. The van der Waals surface area contributed by atoms with Crippen LogP contribution in [0.1, 0.15) is 31.4 Å². The SMILES string of the molecule is COc1ccc(-c2c(C3=CCCCC3)oc3nc[nH]c(=O)c23)cc1. The zero-order valence-electron chi connectivity index (χ0n) is 13.5. The lowest BCUT2D eigenvalue weighted by Gasteiger charge is -2.12. The highest BCUT2D eigenvalue weighted by Gasteiger charge is 2.23. The molecule has 4 rings (SSSR count). The van der Waals surface area contributed by atoms with Crippen molar-refractivity contribution in [2.75, 3.05) is 7.11 Å². The van der Waals surface area contributed by atoms with Gasteiger partial charge < -0.3 is 14.1 Å². The Morgan fingerprint density at radius 1 is 1.21 bits per heavy atom. The molecule has 5 nitrogen and oxygen atoms in total. The van der Waals surface area contributed by atoms with Crippen LogP contribution in [0.4, 0.5) is 0 Å². The van der Waals surface area contributed by atoms with Gasteiger partial charge in [-0.3, -0.25) is 4.79 Å². The van der Waals surface area contributed by atoms with Gasteiger partial charge in [0.2, 0.25) is 5.71 Å². The number of allylic oxidation sites excluding steroid dienone is 2. The smallest absolute Gasteiger partial charge is 0.262 e. The standard InChI is InChI=1S/C19H18N2O3/c1-23-14-9-7-12(8-10-14)15-16-18(22)20-11-21-19(16)24-17(15)13-5-3-2-4-6-13/h5,7-11H,2-4,6H2,1H3,(H,20,21,22). The third kappa shape index (κ3) is 2.42. The van der Waals surface area contributed by atoms with E-state index in [0.29, 0.717) is 11.1 Å².